The quantitative estimate of drug-likeness (QED) is 0.853. The lowest BCUT2D eigenvalue weighted by molar-refractivity contribution is 0.208. The molecule has 0 atom stereocenters. The summed E-state index contributed by atoms with van der Waals surface area (Å²) in [6, 6.07) is 5.13. The van der Waals surface area contributed by atoms with E-state index in [-0.39, 0.29) is 5.82 Å². The van der Waals surface area contributed by atoms with Crippen LogP contribution in [0.25, 0.3) is 0 Å². The van der Waals surface area contributed by atoms with Crippen molar-refractivity contribution >= 4 is 15.9 Å². The van der Waals surface area contributed by atoms with Gasteiger partial charge >= 0.3 is 0 Å². The molecule has 6 heteroatoms. The van der Waals surface area contributed by atoms with E-state index >= 15 is 0 Å². The molecule has 0 amide bonds. The van der Waals surface area contributed by atoms with Crippen LogP contribution in [-0.4, -0.2) is 26.2 Å². The number of nitrogens with zero attached hydrogens (tertiary/aromatic N) is 4. The molecule has 18 heavy (non-hydrogen) atoms. The molecular weight excluding hydrogens is 299 g/mol. The van der Waals surface area contributed by atoms with Crippen LogP contribution in [0.3, 0.4) is 0 Å². The summed E-state index contributed by atoms with van der Waals surface area (Å²) in [6.45, 7) is 3.28. The van der Waals surface area contributed by atoms with Crippen molar-refractivity contribution < 1.29 is 4.39 Å². The molecule has 2 heterocycles. The zero-order valence-corrected chi connectivity index (χ0v) is 11.3. The fourth-order valence-electron chi connectivity index (χ4n) is 2.16. The Kier molecular flexibility index (Phi) is 3.13. The molecule has 4 nitrogen and oxygen atoms in total. The minimum Gasteiger partial charge on any atom is -0.315 e. The lowest BCUT2D eigenvalue weighted by Gasteiger charge is -2.27. The molecule has 0 saturated heterocycles. The third kappa shape index (κ3) is 2.18. The molecule has 1 aliphatic rings. The highest BCUT2D eigenvalue weighted by atomic mass is 79.9. The zero-order valence-electron chi connectivity index (χ0n) is 9.68. The monoisotopic (exact) mass is 310 g/mol. The zero-order chi connectivity index (χ0) is 12.5. The van der Waals surface area contributed by atoms with E-state index in [1.165, 1.54) is 6.07 Å². The predicted molar refractivity (Wildman–Crippen MR) is 68.2 cm³/mol. The first-order chi connectivity index (χ1) is 8.74. The Labute approximate surface area is 113 Å². The van der Waals surface area contributed by atoms with Crippen LogP contribution in [0.15, 0.2) is 29.0 Å². The van der Waals surface area contributed by atoms with Gasteiger partial charge in [0, 0.05) is 19.6 Å². The number of hydrogen-bond donors (Lipinski definition) is 0. The van der Waals surface area contributed by atoms with Gasteiger partial charge in [0.15, 0.2) is 0 Å². The van der Waals surface area contributed by atoms with Gasteiger partial charge in [0.05, 0.1) is 11.0 Å². The molecule has 0 saturated carbocycles. The van der Waals surface area contributed by atoms with Crippen LogP contribution in [0.2, 0.25) is 0 Å². The third-order valence-electron chi connectivity index (χ3n) is 3.14. The lowest BCUT2D eigenvalue weighted by Crippen LogP contribution is -2.33. The second kappa shape index (κ2) is 4.78. The molecule has 2 aromatic rings. The van der Waals surface area contributed by atoms with Crippen molar-refractivity contribution in [2.45, 2.75) is 19.6 Å². The number of fused-ring (bicyclic) bond motifs is 1. The molecule has 1 aromatic heterocycles. The molecule has 94 valence electrons. The fourth-order valence-corrected chi connectivity index (χ4v) is 2.55. The number of rotatable bonds is 2. The van der Waals surface area contributed by atoms with Gasteiger partial charge in [-0.3, -0.25) is 4.90 Å². The molecule has 0 radical (unpaired) electrons. The Morgan fingerprint density at radius 1 is 1.33 bits per heavy atom. The average Bonchev–Trinajstić information content (AvgIpc) is 2.82. The van der Waals surface area contributed by atoms with Gasteiger partial charge in [0.25, 0.3) is 0 Å². The van der Waals surface area contributed by atoms with E-state index in [1.54, 1.807) is 12.4 Å². The highest BCUT2D eigenvalue weighted by Gasteiger charge is 2.18. The summed E-state index contributed by atoms with van der Waals surface area (Å²) in [6.07, 6.45) is 1.75. The summed E-state index contributed by atoms with van der Waals surface area (Å²) >= 11 is 3.30. The molecule has 0 bridgehead atoms. The molecule has 3 rings (SSSR count). The van der Waals surface area contributed by atoms with E-state index in [2.05, 4.69) is 35.6 Å². The maximum atomic E-state index is 13.4. The number of hydrogen-bond acceptors (Lipinski definition) is 3. The van der Waals surface area contributed by atoms with E-state index in [0.29, 0.717) is 11.0 Å². The van der Waals surface area contributed by atoms with E-state index < -0.39 is 0 Å². The molecule has 0 spiro atoms. The SMILES string of the molecule is Fc1cccc(CN2CCn3cnnc3C2)c1Br. The fraction of sp³-hybridized carbons (Fsp3) is 0.333. The summed E-state index contributed by atoms with van der Waals surface area (Å²) in [5.41, 5.74) is 0.961. The van der Waals surface area contributed by atoms with Crippen LogP contribution < -0.4 is 0 Å². The lowest BCUT2D eigenvalue weighted by atomic mass is 10.2. The Hall–Kier alpha value is -1.27. The van der Waals surface area contributed by atoms with Crippen molar-refractivity contribution in [3.8, 4) is 0 Å². The predicted octanol–water partition coefficient (Wildman–Crippen LogP) is 2.20. The molecular formula is C12H12BrFN4. The summed E-state index contributed by atoms with van der Waals surface area (Å²) in [5.74, 6) is 0.751. The molecule has 0 aliphatic carbocycles. The highest BCUT2D eigenvalue weighted by Crippen LogP contribution is 2.23. The van der Waals surface area contributed by atoms with Gasteiger partial charge in [-0.2, -0.15) is 0 Å². The standard InChI is InChI=1S/C12H12BrFN4/c13-12-9(2-1-3-10(12)14)6-17-4-5-18-8-15-16-11(18)7-17/h1-3,8H,4-7H2. The Morgan fingerprint density at radius 2 is 2.22 bits per heavy atom. The summed E-state index contributed by atoms with van der Waals surface area (Å²) in [4.78, 5) is 2.24. The third-order valence-corrected chi connectivity index (χ3v) is 4.03. The van der Waals surface area contributed by atoms with E-state index in [0.717, 1.165) is 31.0 Å². The smallest absolute Gasteiger partial charge is 0.147 e. The Morgan fingerprint density at radius 3 is 3.11 bits per heavy atom. The van der Waals surface area contributed by atoms with Gasteiger partial charge in [-0.25, -0.2) is 4.39 Å². The second-order valence-corrected chi connectivity index (χ2v) is 5.16. The van der Waals surface area contributed by atoms with E-state index in [9.17, 15) is 4.39 Å². The van der Waals surface area contributed by atoms with Crippen molar-refractivity contribution in [2.75, 3.05) is 6.54 Å². The van der Waals surface area contributed by atoms with Crippen LogP contribution in [-0.2, 0) is 19.6 Å². The first kappa shape index (κ1) is 11.8. The van der Waals surface area contributed by atoms with Gasteiger partial charge < -0.3 is 4.57 Å². The molecule has 0 fully saturated rings. The largest absolute Gasteiger partial charge is 0.315 e. The van der Waals surface area contributed by atoms with Crippen molar-refractivity contribution in [2.24, 2.45) is 0 Å². The van der Waals surface area contributed by atoms with Crippen LogP contribution >= 0.6 is 15.9 Å². The van der Waals surface area contributed by atoms with Crippen molar-refractivity contribution in [1.29, 1.82) is 0 Å². The first-order valence-corrected chi connectivity index (χ1v) is 6.55. The number of aromatic nitrogens is 3. The van der Waals surface area contributed by atoms with Gasteiger partial charge in [-0.05, 0) is 27.6 Å². The van der Waals surface area contributed by atoms with Crippen LogP contribution in [0.4, 0.5) is 4.39 Å². The molecule has 0 N–H and O–H groups in total. The topological polar surface area (TPSA) is 34.0 Å². The van der Waals surface area contributed by atoms with Crippen LogP contribution in [0, 0.1) is 5.82 Å². The normalized spacial score (nSPS) is 15.7. The summed E-state index contributed by atoms with van der Waals surface area (Å²) in [5, 5.41) is 7.97. The Bertz CT molecular complexity index is 569. The first-order valence-electron chi connectivity index (χ1n) is 5.76. The number of benzene rings is 1. The van der Waals surface area contributed by atoms with Gasteiger partial charge in [-0.15, -0.1) is 10.2 Å². The summed E-state index contributed by atoms with van der Waals surface area (Å²) < 4.78 is 16.0. The van der Waals surface area contributed by atoms with Crippen molar-refractivity contribution in [3.05, 3.63) is 46.2 Å². The Balaban J connectivity index is 1.77. The maximum absolute atomic E-state index is 13.4. The molecule has 0 unspecified atom stereocenters. The molecule has 1 aliphatic heterocycles. The van der Waals surface area contributed by atoms with Crippen molar-refractivity contribution in [1.82, 2.24) is 19.7 Å². The van der Waals surface area contributed by atoms with E-state index in [4.69, 9.17) is 0 Å². The average molecular weight is 311 g/mol. The molecule has 1 aromatic carbocycles. The van der Waals surface area contributed by atoms with Gasteiger partial charge in [0.2, 0.25) is 0 Å². The minimum atomic E-state index is -0.215. The second-order valence-electron chi connectivity index (χ2n) is 4.36. The maximum Gasteiger partial charge on any atom is 0.147 e. The van der Waals surface area contributed by atoms with Gasteiger partial charge in [0.1, 0.15) is 18.0 Å². The minimum absolute atomic E-state index is 0.215. The summed E-state index contributed by atoms with van der Waals surface area (Å²) in [7, 11) is 0. The number of halogens is 2. The van der Waals surface area contributed by atoms with E-state index in [1.807, 2.05) is 6.07 Å². The highest BCUT2D eigenvalue weighted by molar-refractivity contribution is 9.10. The van der Waals surface area contributed by atoms with Crippen LogP contribution in [0.5, 0.6) is 0 Å². The van der Waals surface area contributed by atoms with Crippen molar-refractivity contribution in [3.63, 3.8) is 0 Å². The van der Waals surface area contributed by atoms with Crippen LogP contribution in [0.1, 0.15) is 11.4 Å². The van der Waals surface area contributed by atoms with Gasteiger partial charge in [-0.1, -0.05) is 12.1 Å².